The summed E-state index contributed by atoms with van der Waals surface area (Å²) in [4.78, 5) is 27.6. The van der Waals surface area contributed by atoms with E-state index in [9.17, 15) is 18.0 Å². The number of nitrogens with one attached hydrogen (secondary N) is 1. The lowest BCUT2D eigenvalue weighted by molar-refractivity contribution is -0.139. The van der Waals surface area contributed by atoms with Gasteiger partial charge in [-0.3, -0.25) is 13.9 Å². The molecule has 2 aromatic rings. The molecule has 0 unspecified atom stereocenters. The van der Waals surface area contributed by atoms with E-state index in [1.165, 1.54) is 17.0 Å². The van der Waals surface area contributed by atoms with Crippen LogP contribution in [0.25, 0.3) is 0 Å². The third kappa shape index (κ3) is 7.25. The Morgan fingerprint density at radius 2 is 1.59 bits per heavy atom. The predicted molar refractivity (Wildman–Crippen MR) is 138 cm³/mol. The second-order valence-electron chi connectivity index (χ2n) is 8.27. The van der Waals surface area contributed by atoms with Crippen molar-refractivity contribution in [2.24, 2.45) is 0 Å². The van der Waals surface area contributed by atoms with Crippen LogP contribution in [0.5, 0.6) is 0 Å². The predicted octanol–water partition coefficient (Wildman–Crippen LogP) is 4.66. The highest BCUT2D eigenvalue weighted by Gasteiger charge is 2.31. The molecule has 0 bridgehead atoms. The van der Waals surface area contributed by atoms with Gasteiger partial charge >= 0.3 is 0 Å². The second-order valence-corrected chi connectivity index (χ2v) is 11.4. The molecule has 2 aromatic carbocycles. The minimum atomic E-state index is -3.95. The van der Waals surface area contributed by atoms with Gasteiger partial charge in [0.25, 0.3) is 0 Å². The molecule has 0 spiro atoms. The SMILES string of the molecule is Cc1ccccc1CN(C(=O)CN(c1cc(Cl)c(Cl)cc1Cl)S(C)(=O)=O)[C@@H](C)C(=O)NC(C)C. The fraction of sp³-hybridized carbons (Fsp3) is 0.391. The highest BCUT2D eigenvalue weighted by atomic mass is 35.5. The number of hydrogen-bond acceptors (Lipinski definition) is 4. The lowest BCUT2D eigenvalue weighted by Crippen LogP contribution is -2.52. The van der Waals surface area contributed by atoms with Crippen LogP contribution in [0.3, 0.4) is 0 Å². The molecule has 11 heteroatoms. The third-order valence-electron chi connectivity index (χ3n) is 5.14. The molecule has 0 aliphatic heterocycles. The minimum Gasteiger partial charge on any atom is -0.352 e. The zero-order valence-electron chi connectivity index (χ0n) is 19.6. The van der Waals surface area contributed by atoms with Crippen LogP contribution in [0.2, 0.25) is 15.1 Å². The van der Waals surface area contributed by atoms with Crippen molar-refractivity contribution in [1.29, 1.82) is 0 Å². The molecule has 0 heterocycles. The van der Waals surface area contributed by atoms with Crippen LogP contribution >= 0.6 is 34.8 Å². The van der Waals surface area contributed by atoms with Crippen LogP contribution < -0.4 is 9.62 Å². The number of rotatable bonds is 9. The molecule has 7 nitrogen and oxygen atoms in total. The quantitative estimate of drug-likeness (QED) is 0.462. The normalized spacial score (nSPS) is 12.4. The van der Waals surface area contributed by atoms with Crippen LogP contribution in [0.4, 0.5) is 5.69 Å². The topological polar surface area (TPSA) is 86.8 Å². The van der Waals surface area contributed by atoms with E-state index >= 15 is 0 Å². The first-order valence-corrected chi connectivity index (χ1v) is 13.5. The van der Waals surface area contributed by atoms with E-state index in [2.05, 4.69) is 5.32 Å². The lowest BCUT2D eigenvalue weighted by Gasteiger charge is -2.32. The minimum absolute atomic E-state index is 0.0158. The second kappa shape index (κ2) is 11.6. The van der Waals surface area contributed by atoms with E-state index in [4.69, 9.17) is 34.8 Å². The van der Waals surface area contributed by atoms with Crippen molar-refractivity contribution in [3.63, 3.8) is 0 Å². The van der Waals surface area contributed by atoms with Gasteiger partial charge in [0.05, 0.1) is 27.0 Å². The van der Waals surface area contributed by atoms with E-state index in [1.54, 1.807) is 6.92 Å². The number of aryl methyl sites for hydroxylation is 1. The number of amides is 2. The largest absolute Gasteiger partial charge is 0.352 e. The smallest absolute Gasteiger partial charge is 0.244 e. The first-order chi connectivity index (χ1) is 15.7. The Hall–Kier alpha value is -2.00. The van der Waals surface area contributed by atoms with Crippen molar-refractivity contribution in [1.82, 2.24) is 10.2 Å². The Kier molecular flexibility index (Phi) is 9.65. The van der Waals surface area contributed by atoms with Crippen LogP contribution in [0.1, 0.15) is 31.9 Å². The molecule has 1 atom stereocenters. The number of carbonyl (C=O) groups excluding carboxylic acids is 2. The van der Waals surface area contributed by atoms with Crippen molar-refractivity contribution in [3.8, 4) is 0 Å². The summed E-state index contributed by atoms with van der Waals surface area (Å²) in [6, 6.07) is 9.07. The van der Waals surface area contributed by atoms with Gasteiger partial charge in [-0.05, 0) is 51.0 Å². The number of nitrogens with zero attached hydrogens (tertiary/aromatic N) is 2. The number of anilines is 1. The van der Waals surface area contributed by atoms with E-state index in [1.807, 2.05) is 45.0 Å². The Morgan fingerprint density at radius 1 is 1.00 bits per heavy atom. The van der Waals surface area contributed by atoms with Crippen molar-refractivity contribution < 1.29 is 18.0 Å². The lowest BCUT2D eigenvalue weighted by atomic mass is 10.1. The molecule has 34 heavy (non-hydrogen) atoms. The number of sulfonamides is 1. The van der Waals surface area contributed by atoms with E-state index in [-0.39, 0.29) is 39.2 Å². The Morgan fingerprint density at radius 3 is 2.15 bits per heavy atom. The van der Waals surface area contributed by atoms with Gasteiger partial charge in [0.2, 0.25) is 21.8 Å². The molecule has 1 N–H and O–H groups in total. The van der Waals surface area contributed by atoms with Gasteiger partial charge in [-0.2, -0.15) is 0 Å². The van der Waals surface area contributed by atoms with Crippen molar-refractivity contribution >= 4 is 62.3 Å². The molecule has 0 saturated heterocycles. The van der Waals surface area contributed by atoms with Crippen LogP contribution in [-0.2, 0) is 26.2 Å². The molecule has 2 rings (SSSR count). The Labute approximate surface area is 216 Å². The number of carbonyl (C=O) groups is 2. The summed E-state index contributed by atoms with van der Waals surface area (Å²) in [6.45, 7) is 6.66. The molecular weight excluding hydrogens is 521 g/mol. The molecule has 0 aromatic heterocycles. The molecule has 0 fully saturated rings. The zero-order valence-corrected chi connectivity index (χ0v) is 22.7. The number of hydrogen-bond donors (Lipinski definition) is 1. The number of benzene rings is 2. The molecular formula is C23H28Cl3N3O4S. The summed E-state index contributed by atoms with van der Waals surface area (Å²) in [5.74, 6) is -0.933. The first kappa shape index (κ1) is 28.2. The van der Waals surface area contributed by atoms with Crippen molar-refractivity contribution in [2.75, 3.05) is 17.1 Å². The van der Waals surface area contributed by atoms with E-state index < -0.39 is 28.5 Å². The Balaban J connectivity index is 2.48. The van der Waals surface area contributed by atoms with Gasteiger partial charge in [-0.15, -0.1) is 0 Å². The zero-order chi connectivity index (χ0) is 25.8. The van der Waals surface area contributed by atoms with E-state index in [0.29, 0.717) is 0 Å². The van der Waals surface area contributed by atoms with Gasteiger partial charge in [0, 0.05) is 12.6 Å². The molecule has 186 valence electrons. The Bertz CT molecular complexity index is 1170. The maximum absolute atomic E-state index is 13.5. The molecule has 0 saturated carbocycles. The molecule has 0 radical (unpaired) electrons. The maximum Gasteiger partial charge on any atom is 0.244 e. The van der Waals surface area contributed by atoms with Crippen LogP contribution in [-0.4, -0.2) is 50.0 Å². The van der Waals surface area contributed by atoms with Gasteiger partial charge in [-0.25, -0.2) is 8.42 Å². The highest BCUT2D eigenvalue weighted by Crippen LogP contribution is 2.35. The summed E-state index contributed by atoms with van der Waals surface area (Å²) in [6.07, 6.45) is 0.958. The summed E-state index contributed by atoms with van der Waals surface area (Å²) in [5.41, 5.74) is 1.78. The highest BCUT2D eigenvalue weighted by molar-refractivity contribution is 7.92. The van der Waals surface area contributed by atoms with Gasteiger partial charge in [0.15, 0.2) is 0 Å². The third-order valence-corrected chi connectivity index (χ3v) is 7.29. The van der Waals surface area contributed by atoms with Crippen LogP contribution in [0.15, 0.2) is 36.4 Å². The van der Waals surface area contributed by atoms with Crippen molar-refractivity contribution in [2.45, 2.75) is 46.3 Å². The monoisotopic (exact) mass is 547 g/mol. The average Bonchev–Trinajstić information content (AvgIpc) is 2.72. The fourth-order valence-corrected chi connectivity index (χ4v) is 4.80. The molecule has 0 aliphatic carbocycles. The fourth-order valence-electron chi connectivity index (χ4n) is 3.26. The summed E-state index contributed by atoms with van der Waals surface area (Å²) in [5, 5.41) is 3.05. The van der Waals surface area contributed by atoms with Gasteiger partial charge in [0.1, 0.15) is 12.6 Å². The molecule has 2 amide bonds. The summed E-state index contributed by atoms with van der Waals surface area (Å²) >= 11 is 18.3. The first-order valence-electron chi connectivity index (χ1n) is 10.5. The maximum atomic E-state index is 13.5. The molecule has 0 aliphatic rings. The van der Waals surface area contributed by atoms with Gasteiger partial charge in [-0.1, -0.05) is 59.1 Å². The van der Waals surface area contributed by atoms with Gasteiger partial charge < -0.3 is 10.2 Å². The standard InChI is InChI=1S/C23H28Cl3N3O4S/c1-14(2)27-23(31)16(4)28(12-17-9-7-6-8-15(17)3)22(30)13-29(34(5,32)33)21-11-19(25)18(24)10-20(21)26/h6-11,14,16H,12-13H2,1-5H3,(H,27,31)/t16-/m0/s1. The number of halogens is 3. The summed E-state index contributed by atoms with van der Waals surface area (Å²) < 4.78 is 26.1. The van der Waals surface area contributed by atoms with Crippen molar-refractivity contribution in [3.05, 3.63) is 62.6 Å². The van der Waals surface area contributed by atoms with Crippen LogP contribution in [0, 0.1) is 6.92 Å². The van der Waals surface area contributed by atoms with E-state index in [0.717, 1.165) is 21.7 Å². The average molecular weight is 549 g/mol. The summed E-state index contributed by atoms with van der Waals surface area (Å²) in [7, 11) is -3.95.